The Kier molecular flexibility index (Phi) is 7.89. The number of aromatic nitrogens is 2. The zero-order valence-corrected chi connectivity index (χ0v) is 14.5. The lowest BCUT2D eigenvalue weighted by atomic mass is 10.4. The first-order valence-corrected chi connectivity index (χ1v) is 8.31. The topological polar surface area (TPSA) is 76.6 Å². The van der Waals surface area contributed by atoms with Gasteiger partial charge in [0.1, 0.15) is 12.4 Å². The summed E-state index contributed by atoms with van der Waals surface area (Å²) >= 11 is 0. The fraction of sp³-hybridized carbons (Fsp3) is 0.529. The van der Waals surface area contributed by atoms with E-state index in [2.05, 4.69) is 26.9 Å². The van der Waals surface area contributed by atoms with Crippen LogP contribution in [0.4, 0.5) is 0 Å². The summed E-state index contributed by atoms with van der Waals surface area (Å²) in [5.41, 5.74) is 1.19. The highest BCUT2D eigenvalue weighted by atomic mass is 16.5. The molecule has 0 unspecified atom stereocenters. The smallest absolute Gasteiger partial charge is 0.190 e. The van der Waals surface area contributed by atoms with E-state index in [1.54, 1.807) is 13.3 Å². The maximum Gasteiger partial charge on any atom is 0.190 e. The molecule has 0 aliphatic heterocycles. The van der Waals surface area contributed by atoms with Crippen LogP contribution in [0.15, 0.2) is 40.2 Å². The Labute approximate surface area is 143 Å². The lowest BCUT2D eigenvalue weighted by Crippen LogP contribution is -2.38. The molecular weight excluding hydrogens is 306 g/mol. The molecule has 0 bridgehead atoms. The van der Waals surface area contributed by atoms with Crippen molar-refractivity contribution in [1.82, 2.24) is 20.4 Å². The van der Waals surface area contributed by atoms with Crippen LogP contribution in [0.2, 0.25) is 0 Å². The molecule has 0 amide bonds. The molecule has 2 aromatic rings. The van der Waals surface area contributed by atoms with E-state index in [9.17, 15) is 0 Å². The summed E-state index contributed by atoms with van der Waals surface area (Å²) in [6, 6.07) is 3.78. The Balaban J connectivity index is 1.47. The second kappa shape index (κ2) is 10.5. The average molecular weight is 333 g/mol. The van der Waals surface area contributed by atoms with E-state index in [1.165, 1.54) is 5.56 Å². The fourth-order valence-corrected chi connectivity index (χ4v) is 2.21. The molecule has 7 nitrogen and oxygen atoms in total. The van der Waals surface area contributed by atoms with Crippen molar-refractivity contribution in [2.45, 2.75) is 32.9 Å². The molecule has 2 heterocycles. The van der Waals surface area contributed by atoms with Gasteiger partial charge in [-0.25, -0.2) is 0 Å². The lowest BCUT2D eigenvalue weighted by molar-refractivity contribution is 0.105. The van der Waals surface area contributed by atoms with Crippen LogP contribution < -0.4 is 10.6 Å². The number of aliphatic imine (C=N–C) groups is 1. The first-order valence-electron chi connectivity index (χ1n) is 8.31. The van der Waals surface area contributed by atoms with Gasteiger partial charge in [0.25, 0.3) is 0 Å². The van der Waals surface area contributed by atoms with Gasteiger partial charge in [-0.1, -0.05) is 0 Å². The predicted molar refractivity (Wildman–Crippen MR) is 93.9 cm³/mol. The minimum absolute atomic E-state index is 0.521. The number of furan rings is 1. The van der Waals surface area contributed by atoms with Gasteiger partial charge in [-0.15, -0.1) is 0 Å². The van der Waals surface area contributed by atoms with Gasteiger partial charge in [0.2, 0.25) is 0 Å². The van der Waals surface area contributed by atoms with E-state index < -0.39 is 0 Å². The number of nitrogens with one attached hydrogen (secondary N) is 2. The van der Waals surface area contributed by atoms with Crippen molar-refractivity contribution in [3.8, 4) is 0 Å². The van der Waals surface area contributed by atoms with Crippen LogP contribution in [-0.2, 0) is 17.9 Å². The van der Waals surface area contributed by atoms with E-state index in [1.807, 2.05) is 29.9 Å². The minimum atomic E-state index is 0.521. The normalized spacial score (nSPS) is 11.7. The molecule has 2 N–H and O–H groups in total. The van der Waals surface area contributed by atoms with Gasteiger partial charge < -0.3 is 19.8 Å². The van der Waals surface area contributed by atoms with E-state index in [4.69, 9.17) is 9.15 Å². The summed E-state index contributed by atoms with van der Waals surface area (Å²) in [5.74, 6) is 1.67. The summed E-state index contributed by atoms with van der Waals surface area (Å²) in [4.78, 5) is 4.21. The molecule has 7 heteroatoms. The molecule has 0 radical (unpaired) electrons. The van der Waals surface area contributed by atoms with Crippen LogP contribution in [0.5, 0.6) is 0 Å². The lowest BCUT2D eigenvalue weighted by Gasteiger charge is -2.11. The largest absolute Gasteiger partial charge is 0.467 e. The third-order valence-electron chi connectivity index (χ3n) is 3.42. The maximum atomic E-state index is 5.54. The summed E-state index contributed by atoms with van der Waals surface area (Å²) in [7, 11) is 1.78. The summed E-state index contributed by atoms with van der Waals surface area (Å²) in [6.07, 6.45) is 7.49. The van der Waals surface area contributed by atoms with Crippen LogP contribution in [0.3, 0.4) is 0 Å². The highest BCUT2D eigenvalue weighted by Crippen LogP contribution is 2.01. The van der Waals surface area contributed by atoms with Crippen molar-refractivity contribution in [3.63, 3.8) is 0 Å². The molecule has 0 aliphatic carbocycles. The molecule has 0 saturated carbocycles. The number of nitrogens with zero attached hydrogens (tertiary/aromatic N) is 3. The van der Waals surface area contributed by atoms with E-state index in [0.29, 0.717) is 13.2 Å². The highest BCUT2D eigenvalue weighted by molar-refractivity contribution is 5.79. The predicted octanol–water partition coefficient (Wildman–Crippen LogP) is 1.95. The molecule has 24 heavy (non-hydrogen) atoms. The third-order valence-corrected chi connectivity index (χ3v) is 3.42. The summed E-state index contributed by atoms with van der Waals surface area (Å²) in [5, 5.41) is 10.9. The van der Waals surface area contributed by atoms with Gasteiger partial charge >= 0.3 is 0 Å². The monoisotopic (exact) mass is 333 g/mol. The van der Waals surface area contributed by atoms with Gasteiger partial charge in [-0.3, -0.25) is 9.67 Å². The standard InChI is InChI=1S/C17H27N5O2/c1-15-12-21-22(13-15)9-4-7-19-17(18-2)20-8-5-10-23-14-16-6-3-11-24-16/h3,6,11-13H,4-5,7-10,14H2,1-2H3,(H2,18,19,20). The van der Waals surface area contributed by atoms with Gasteiger partial charge in [-0.2, -0.15) is 5.10 Å². The molecule has 0 aliphatic rings. The quantitative estimate of drug-likeness (QED) is 0.395. The number of ether oxygens (including phenoxy) is 1. The Morgan fingerprint density at radius 1 is 1.33 bits per heavy atom. The number of hydrogen-bond acceptors (Lipinski definition) is 4. The molecule has 0 saturated heterocycles. The SMILES string of the molecule is CN=C(NCCCOCc1ccco1)NCCCn1cc(C)cn1. The molecule has 0 atom stereocenters. The molecular formula is C17H27N5O2. The highest BCUT2D eigenvalue weighted by Gasteiger charge is 1.99. The van der Waals surface area contributed by atoms with Gasteiger partial charge in [0.15, 0.2) is 5.96 Å². The Morgan fingerprint density at radius 3 is 2.83 bits per heavy atom. The van der Waals surface area contributed by atoms with Crippen LogP contribution in [0, 0.1) is 6.92 Å². The van der Waals surface area contributed by atoms with Crippen LogP contribution in [0.1, 0.15) is 24.2 Å². The Morgan fingerprint density at radius 2 is 2.17 bits per heavy atom. The van der Waals surface area contributed by atoms with E-state index >= 15 is 0 Å². The van der Waals surface area contributed by atoms with Gasteiger partial charge in [0, 0.05) is 39.5 Å². The van der Waals surface area contributed by atoms with Gasteiger partial charge in [0.05, 0.1) is 12.5 Å². The number of guanidine groups is 1. The van der Waals surface area contributed by atoms with Crippen molar-refractivity contribution in [1.29, 1.82) is 0 Å². The maximum absolute atomic E-state index is 5.54. The third kappa shape index (κ3) is 6.87. The van der Waals surface area contributed by atoms with Crippen molar-refractivity contribution in [3.05, 3.63) is 42.1 Å². The van der Waals surface area contributed by atoms with Crippen LogP contribution in [0.25, 0.3) is 0 Å². The average Bonchev–Trinajstić information content (AvgIpc) is 3.24. The minimum Gasteiger partial charge on any atom is -0.467 e. The number of hydrogen-bond donors (Lipinski definition) is 2. The number of aryl methyl sites for hydroxylation is 2. The van der Waals surface area contributed by atoms with Crippen LogP contribution >= 0.6 is 0 Å². The molecule has 0 fully saturated rings. The molecule has 0 aromatic carbocycles. The van der Waals surface area contributed by atoms with E-state index in [0.717, 1.165) is 44.2 Å². The summed E-state index contributed by atoms with van der Waals surface area (Å²) in [6.45, 7) is 5.82. The van der Waals surface area contributed by atoms with Crippen molar-refractivity contribution in [2.75, 3.05) is 26.7 Å². The van der Waals surface area contributed by atoms with E-state index in [-0.39, 0.29) is 0 Å². The van der Waals surface area contributed by atoms with Crippen LogP contribution in [-0.4, -0.2) is 42.5 Å². The first kappa shape index (κ1) is 18.1. The van der Waals surface area contributed by atoms with Crippen molar-refractivity contribution >= 4 is 5.96 Å². The second-order valence-corrected chi connectivity index (χ2v) is 5.55. The summed E-state index contributed by atoms with van der Waals surface area (Å²) < 4.78 is 12.7. The van der Waals surface area contributed by atoms with Crippen molar-refractivity contribution in [2.24, 2.45) is 4.99 Å². The molecule has 0 spiro atoms. The first-order chi connectivity index (χ1) is 11.8. The number of rotatable bonds is 10. The molecule has 2 rings (SSSR count). The Bertz CT molecular complexity index is 592. The van der Waals surface area contributed by atoms with Gasteiger partial charge in [-0.05, 0) is 37.5 Å². The molecule has 2 aromatic heterocycles. The van der Waals surface area contributed by atoms with Crippen molar-refractivity contribution < 1.29 is 9.15 Å². The fourth-order valence-electron chi connectivity index (χ4n) is 2.21. The molecule has 132 valence electrons. The zero-order chi connectivity index (χ0) is 17.0. The Hall–Kier alpha value is -2.28. The zero-order valence-electron chi connectivity index (χ0n) is 14.5. The second-order valence-electron chi connectivity index (χ2n) is 5.55.